The van der Waals surface area contributed by atoms with Crippen LogP contribution in [0.15, 0.2) is 24.3 Å². The summed E-state index contributed by atoms with van der Waals surface area (Å²) < 4.78 is 0. The summed E-state index contributed by atoms with van der Waals surface area (Å²) in [6, 6.07) is 9.41. The van der Waals surface area contributed by atoms with Gasteiger partial charge in [-0.25, -0.2) is 0 Å². The lowest BCUT2D eigenvalue weighted by atomic mass is 9.91. The number of benzene rings is 1. The molecule has 3 nitrogen and oxygen atoms in total. The summed E-state index contributed by atoms with van der Waals surface area (Å²) in [5.41, 5.74) is 2.59. The number of nitrogens with zero attached hydrogens (tertiary/aromatic N) is 1. The lowest BCUT2D eigenvalue weighted by Gasteiger charge is -2.33. The van der Waals surface area contributed by atoms with Crippen molar-refractivity contribution in [1.29, 1.82) is 0 Å². The van der Waals surface area contributed by atoms with Gasteiger partial charge in [-0.15, -0.1) is 12.4 Å². The molecule has 0 spiro atoms. The summed E-state index contributed by atoms with van der Waals surface area (Å²) in [7, 11) is 0. The second-order valence-corrected chi connectivity index (χ2v) is 6.68. The van der Waals surface area contributed by atoms with Gasteiger partial charge in [-0.3, -0.25) is 4.79 Å². The van der Waals surface area contributed by atoms with Crippen molar-refractivity contribution in [2.45, 2.75) is 51.6 Å². The fraction of sp³-hybridized carbons (Fsp3) is 0.611. The minimum absolute atomic E-state index is 0. The Kier molecular flexibility index (Phi) is 5.87. The number of nitrogens with one attached hydrogen (secondary N) is 1. The predicted molar refractivity (Wildman–Crippen MR) is 92.3 cm³/mol. The standard InChI is InChI=1S/C18H26N2O.ClH/c1-13-5-3-6-15(11-13)17-7-4-10-20(17)18(21)16-8-9-19-14(2)12-16;/h3,5-6,11,14,16-17,19H,4,7-10,12H2,1-2H3;1H/t14-,16-,17?;/m0./s1. The van der Waals surface area contributed by atoms with Gasteiger partial charge in [-0.05, 0) is 51.6 Å². The van der Waals surface area contributed by atoms with Gasteiger partial charge < -0.3 is 10.2 Å². The highest BCUT2D eigenvalue weighted by atomic mass is 35.5. The molecule has 1 aromatic rings. The second-order valence-electron chi connectivity index (χ2n) is 6.68. The van der Waals surface area contributed by atoms with Gasteiger partial charge in [-0.2, -0.15) is 0 Å². The SMILES string of the molecule is Cc1cccc(C2CCCN2C(=O)[C@H]2CCN[C@@H](C)C2)c1.Cl. The zero-order valence-corrected chi connectivity index (χ0v) is 14.4. The summed E-state index contributed by atoms with van der Waals surface area (Å²) in [5, 5.41) is 3.44. The summed E-state index contributed by atoms with van der Waals surface area (Å²) in [4.78, 5) is 15.1. The van der Waals surface area contributed by atoms with Gasteiger partial charge in [0.15, 0.2) is 0 Å². The van der Waals surface area contributed by atoms with E-state index in [0.717, 1.165) is 38.8 Å². The molecule has 22 heavy (non-hydrogen) atoms. The molecular weight excluding hydrogens is 296 g/mol. The van der Waals surface area contributed by atoms with E-state index in [1.165, 1.54) is 11.1 Å². The number of hydrogen-bond donors (Lipinski definition) is 1. The van der Waals surface area contributed by atoms with E-state index in [0.29, 0.717) is 18.0 Å². The van der Waals surface area contributed by atoms with Crippen LogP contribution in [0.4, 0.5) is 0 Å². The van der Waals surface area contributed by atoms with Crippen molar-refractivity contribution in [3.8, 4) is 0 Å². The minimum atomic E-state index is 0. The lowest BCUT2D eigenvalue weighted by Crippen LogP contribution is -2.44. The molecule has 0 radical (unpaired) electrons. The van der Waals surface area contributed by atoms with E-state index >= 15 is 0 Å². The van der Waals surface area contributed by atoms with Crippen molar-refractivity contribution < 1.29 is 4.79 Å². The Morgan fingerprint density at radius 1 is 1.32 bits per heavy atom. The van der Waals surface area contributed by atoms with Gasteiger partial charge in [0.25, 0.3) is 0 Å². The molecule has 0 bridgehead atoms. The monoisotopic (exact) mass is 322 g/mol. The molecule has 1 N–H and O–H groups in total. The van der Waals surface area contributed by atoms with Crippen LogP contribution in [0.3, 0.4) is 0 Å². The fourth-order valence-electron chi connectivity index (χ4n) is 3.85. The van der Waals surface area contributed by atoms with E-state index in [-0.39, 0.29) is 18.3 Å². The summed E-state index contributed by atoms with van der Waals surface area (Å²) in [6.45, 7) is 6.21. The molecule has 0 saturated carbocycles. The Morgan fingerprint density at radius 3 is 2.86 bits per heavy atom. The van der Waals surface area contributed by atoms with E-state index in [1.807, 2.05) is 0 Å². The first-order valence-electron chi connectivity index (χ1n) is 8.25. The molecule has 4 heteroatoms. The van der Waals surface area contributed by atoms with Crippen LogP contribution in [0.1, 0.15) is 49.8 Å². The molecule has 2 heterocycles. The van der Waals surface area contributed by atoms with Crippen LogP contribution in [0.5, 0.6) is 0 Å². The van der Waals surface area contributed by atoms with Gasteiger partial charge in [-0.1, -0.05) is 29.8 Å². The normalized spacial score (nSPS) is 28.3. The molecule has 2 aliphatic heterocycles. The van der Waals surface area contributed by atoms with Crippen molar-refractivity contribution in [3.05, 3.63) is 35.4 Å². The van der Waals surface area contributed by atoms with Crippen molar-refractivity contribution in [1.82, 2.24) is 10.2 Å². The Hall–Kier alpha value is -1.06. The van der Waals surface area contributed by atoms with Crippen molar-refractivity contribution in [2.75, 3.05) is 13.1 Å². The van der Waals surface area contributed by atoms with Gasteiger partial charge >= 0.3 is 0 Å². The lowest BCUT2D eigenvalue weighted by molar-refractivity contribution is -0.137. The quantitative estimate of drug-likeness (QED) is 0.904. The molecule has 0 aromatic heterocycles. The third-order valence-electron chi connectivity index (χ3n) is 4.94. The summed E-state index contributed by atoms with van der Waals surface area (Å²) in [6.07, 6.45) is 4.21. The average molecular weight is 323 g/mol. The number of halogens is 1. The molecule has 1 unspecified atom stereocenters. The Morgan fingerprint density at radius 2 is 2.14 bits per heavy atom. The smallest absolute Gasteiger partial charge is 0.226 e. The number of carbonyl (C=O) groups is 1. The Balaban J connectivity index is 0.00000176. The zero-order chi connectivity index (χ0) is 14.8. The van der Waals surface area contributed by atoms with E-state index in [1.54, 1.807) is 0 Å². The molecular formula is C18H27ClN2O. The van der Waals surface area contributed by atoms with E-state index in [9.17, 15) is 4.79 Å². The number of likely N-dealkylation sites (tertiary alicyclic amines) is 1. The first kappa shape index (κ1) is 17.3. The third-order valence-corrected chi connectivity index (χ3v) is 4.94. The number of rotatable bonds is 2. The van der Waals surface area contributed by atoms with Gasteiger partial charge in [0.1, 0.15) is 0 Å². The maximum absolute atomic E-state index is 12.9. The zero-order valence-electron chi connectivity index (χ0n) is 13.5. The van der Waals surface area contributed by atoms with Crippen LogP contribution < -0.4 is 5.32 Å². The van der Waals surface area contributed by atoms with E-state index < -0.39 is 0 Å². The first-order valence-corrected chi connectivity index (χ1v) is 8.25. The molecule has 1 aromatic carbocycles. The van der Waals surface area contributed by atoms with Crippen molar-refractivity contribution in [3.63, 3.8) is 0 Å². The van der Waals surface area contributed by atoms with Crippen LogP contribution in [0.2, 0.25) is 0 Å². The highest BCUT2D eigenvalue weighted by Crippen LogP contribution is 2.34. The topological polar surface area (TPSA) is 32.3 Å². The first-order chi connectivity index (χ1) is 10.1. The molecule has 2 saturated heterocycles. The minimum Gasteiger partial charge on any atom is -0.335 e. The van der Waals surface area contributed by atoms with Crippen LogP contribution >= 0.6 is 12.4 Å². The number of piperidine rings is 1. The highest BCUT2D eigenvalue weighted by Gasteiger charge is 2.35. The number of hydrogen-bond acceptors (Lipinski definition) is 2. The van der Waals surface area contributed by atoms with Gasteiger partial charge in [0, 0.05) is 18.5 Å². The molecule has 122 valence electrons. The number of carbonyl (C=O) groups excluding carboxylic acids is 1. The van der Waals surface area contributed by atoms with E-state index in [4.69, 9.17) is 0 Å². The van der Waals surface area contributed by atoms with Crippen molar-refractivity contribution in [2.24, 2.45) is 5.92 Å². The van der Waals surface area contributed by atoms with Crippen LogP contribution in [-0.4, -0.2) is 29.9 Å². The maximum Gasteiger partial charge on any atom is 0.226 e. The molecule has 3 rings (SSSR count). The van der Waals surface area contributed by atoms with Crippen LogP contribution in [-0.2, 0) is 4.79 Å². The predicted octanol–water partition coefficient (Wildman–Crippen LogP) is 3.47. The molecule has 2 fully saturated rings. The Bertz CT molecular complexity index is 520. The molecule has 3 atom stereocenters. The summed E-state index contributed by atoms with van der Waals surface area (Å²) >= 11 is 0. The summed E-state index contributed by atoms with van der Waals surface area (Å²) in [5.74, 6) is 0.596. The number of aryl methyl sites for hydroxylation is 1. The largest absolute Gasteiger partial charge is 0.335 e. The highest BCUT2D eigenvalue weighted by molar-refractivity contribution is 5.85. The molecule has 2 aliphatic rings. The third kappa shape index (κ3) is 3.64. The van der Waals surface area contributed by atoms with Gasteiger partial charge in [0.05, 0.1) is 6.04 Å². The van der Waals surface area contributed by atoms with Gasteiger partial charge in [0.2, 0.25) is 5.91 Å². The van der Waals surface area contributed by atoms with Crippen molar-refractivity contribution >= 4 is 18.3 Å². The second kappa shape index (κ2) is 7.47. The number of amides is 1. The van der Waals surface area contributed by atoms with E-state index in [2.05, 4.69) is 48.3 Å². The molecule has 1 amide bonds. The average Bonchev–Trinajstić information content (AvgIpc) is 2.96. The Labute approximate surface area is 139 Å². The maximum atomic E-state index is 12.9. The van der Waals surface area contributed by atoms with Crippen LogP contribution in [0, 0.1) is 12.8 Å². The fourth-order valence-corrected chi connectivity index (χ4v) is 3.85. The van der Waals surface area contributed by atoms with Crippen LogP contribution in [0.25, 0.3) is 0 Å². The molecule has 0 aliphatic carbocycles.